The number of nitrogens with zero attached hydrogens (tertiary/aromatic N) is 2. The first-order valence-electron chi connectivity index (χ1n) is 17.0. The minimum atomic E-state index is -2.32. The maximum absolute atomic E-state index is 17.6. The second kappa shape index (κ2) is 15.5. The Morgan fingerprint density at radius 3 is 2.12 bits per heavy atom. The van der Waals surface area contributed by atoms with Crippen LogP contribution in [-0.2, 0) is 38.3 Å². The van der Waals surface area contributed by atoms with E-state index in [-0.39, 0.29) is 63.9 Å². The molecule has 0 aromatic carbocycles. The molecule has 0 aromatic rings. The molecule has 4 rings (SSSR count). The number of hydrogen-bond donors (Lipinski definition) is 2. The number of unbranched alkanes of at least 4 members (excludes halogenated alkanes) is 4. The van der Waals surface area contributed by atoms with Crippen molar-refractivity contribution in [3.63, 3.8) is 0 Å². The molecule has 50 heavy (non-hydrogen) atoms. The van der Waals surface area contributed by atoms with Crippen molar-refractivity contribution >= 4 is 23.5 Å². The molecule has 8 atom stereocenters. The lowest BCUT2D eigenvalue weighted by atomic mass is 9.44. The zero-order valence-corrected chi connectivity index (χ0v) is 28.2. The van der Waals surface area contributed by atoms with E-state index in [1.165, 1.54) is 18.2 Å². The number of aliphatic hydroxyl groups excluding tert-OH is 2. The van der Waals surface area contributed by atoms with Crippen LogP contribution in [0.25, 0.3) is 0 Å². The average Bonchev–Trinajstić information content (AvgIpc) is 3.26. The maximum atomic E-state index is 17.6. The number of esters is 2. The third-order valence-corrected chi connectivity index (χ3v) is 11.3. The lowest BCUT2D eigenvalue weighted by Crippen LogP contribution is -2.70. The number of carbonyl (C=O) groups excluding carboxylic acids is 4. The first-order valence-corrected chi connectivity index (χ1v) is 17.0. The number of alkyl halides is 1. The lowest BCUT2D eigenvalue weighted by Gasteiger charge is -2.62. The van der Waals surface area contributed by atoms with Crippen LogP contribution in [0.4, 0.5) is 4.39 Å². The van der Waals surface area contributed by atoms with Crippen molar-refractivity contribution in [2.75, 3.05) is 19.8 Å². The van der Waals surface area contributed by atoms with Crippen molar-refractivity contribution < 1.29 is 63.1 Å². The van der Waals surface area contributed by atoms with Crippen LogP contribution < -0.4 is 0 Å². The van der Waals surface area contributed by atoms with Gasteiger partial charge in [0.15, 0.2) is 18.1 Å². The van der Waals surface area contributed by atoms with Gasteiger partial charge in [0.05, 0.1) is 19.3 Å². The van der Waals surface area contributed by atoms with Gasteiger partial charge in [-0.25, -0.2) is 4.39 Å². The fourth-order valence-corrected chi connectivity index (χ4v) is 8.89. The van der Waals surface area contributed by atoms with Gasteiger partial charge in [0.2, 0.25) is 11.4 Å². The summed E-state index contributed by atoms with van der Waals surface area (Å²) in [5, 5.41) is 42.2. The normalized spacial score (nSPS) is 34.0. The van der Waals surface area contributed by atoms with Crippen molar-refractivity contribution in [1.82, 2.24) is 0 Å². The predicted molar refractivity (Wildman–Crippen MR) is 167 cm³/mol. The summed E-state index contributed by atoms with van der Waals surface area (Å²) in [6.45, 7) is 1.99. The maximum Gasteiger partial charge on any atom is 0.306 e. The fraction of sp³-hybridized carbons (Fsp3) is 0.758. The molecule has 0 spiro atoms. The molecule has 17 heteroatoms. The summed E-state index contributed by atoms with van der Waals surface area (Å²) in [5.41, 5.74) is -6.91. The molecule has 3 fully saturated rings. The van der Waals surface area contributed by atoms with Gasteiger partial charge in [-0.05, 0) is 76.4 Å². The van der Waals surface area contributed by atoms with Crippen LogP contribution in [0.3, 0.4) is 0 Å². The molecule has 0 heterocycles. The summed E-state index contributed by atoms with van der Waals surface area (Å²) >= 11 is 0. The number of hydrogen-bond acceptors (Lipinski definition) is 14. The van der Waals surface area contributed by atoms with Crippen LogP contribution in [0.5, 0.6) is 0 Å². The molecule has 0 radical (unpaired) electrons. The average molecular weight is 713 g/mol. The van der Waals surface area contributed by atoms with Gasteiger partial charge in [0, 0.05) is 29.6 Å². The van der Waals surface area contributed by atoms with Crippen molar-refractivity contribution in [2.45, 2.75) is 114 Å². The molecule has 4 aliphatic carbocycles. The zero-order chi connectivity index (χ0) is 36.9. The molecule has 2 N–H and O–H groups in total. The molecule has 278 valence electrons. The number of carbonyl (C=O) groups is 4. The highest BCUT2D eigenvalue weighted by Gasteiger charge is 2.78. The van der Waals surface area contributed by atoms with Crippen LogP contribution in [0, 0.1) is 42.9 Å². The Morgan fingerprint density at radius 2 is 1.52 bits per heavy atom. The van der Waals surface area contributed by atoms with Gasteiger partial charge in [-0.2, -0.15) is 0 Å². The molecular weight excluding hydrogens is 667 g/mol. The van der Waals surface area contributed by atoms with E-state index in [9.17, 15) is 49.6 Å². The van der Waals surface area contributed by atoms with Crippen molar-refractivity contribution in [2.24, 2.45) is 22.7 Å². The number of allylic oxidation sites excluding steroid dienone is 4. The molecule has 0 amide bonds. The molecule has 0 bridgehead atoms. The molecule has 0 aromatic heterocycles. The van der Waals surface area contributed by atoms with Crippen LogP contribution in [-0.4, -0.2) is 87.2 Å². The summed E-state index contributed by atoms with van der Waals surface area (Å²) < 4.78 is 28.8. The van der Waals surface area contributed by atoms with Crippen LogP contribution in [0.1, 0.15) is 90.9 Å². The summed E-state index contributed by atoms with van der Waals surface area (Å²) in [4.78, 5) is 81.4. The summed E-state index contributed by atoms with van der Waals surface area (Å²) in [5.74, 6) is -4.55. The first-order chi connectivity index (χ1) is 23.5. The van der Waals surface area contributed by atoms with Crippen LogP contribution in [0.2, 0.25) is 0 Å². The van der Waals surface area contributed by atoms with E-state index >= 15 is 4.39 Å². The highest BCUT2D eigenvalue weighted by atomic mass is 19.1. The summed E-state index contributed by atoms with van der Waals surface area (Å²) in [6, 6.07) is 0. The Hall–Kier alpha value is -3.99. The van der Waals surface area contributed by atoms with Crippen molar-refractivity contribution in [3.05, 3.63) is 44.0 Å². The number of ketones is 2. The Kier molecular flexibility index (Phi) is 12.0. The largest absolute Gasteiger partial charge is 0.457 e. The topological polar surface area (TPSA) is 232 Å². The number of fused-ring (bicyclic) bond motifs is 5. The van der Waals surface area contributed by atoms with E-state index < -0.39 is 87.1 Å². The molecule has 3 saturated carbocycles. The number of ether oxygens (including phenoxy) is 2. The van der Waals surface area contributed by atoms with Crippen LogP contribution in [0.15, 0.2) is 23.8 Å². The number of aliphatic hydroxyl groups is 2. The van der Waals surface area contributed by atoms with Gasteiger partial charge in [-0.1, -0.05) is 31.4 Å². The standard InChI is InChI=1S/C33H45FN2O14/c1-30-14-13-22(37)17-21(30)11-12-23-24-18-25(38)33(31(24,2)19-26(39)32(23,30)34,50-29(42)10-6-4-8-16-49-36(45)46)27(40)20-47-28(41)9-5-3-7-15-48-35(43)44/h13-14,17,23-26,38-39H,3-12,15-16,18-20H2,1-2H3/t23?,24?,25-,26+,30+,31+,32+,33+/m1/s1. The van der Waals surface area contributed by atoms with E-state index in [1.54, 1.807) is 13.8 Å². The quantitative estimate of drug-likeness (QED) is 0.0899. The van der Waals surface area contributed by atoms with Crippen LogP contribution >= 0.6 is 0 Å². The molecule has 0 aliphatic heterocycles. The van der Waals surface area contributed by atoms with Crippen molar-refractivity contribution in [1.29, 1.82) is 0 Å². The van der Waals surface area contributed by atoms with Gasteiger partial charge < -0.3 is 29.4 Å². The highest BCUT2D eigenvalue weighted by Crippen LogP contribution is 2.70. The van der Waals surface area contributed by atoms with Gasteiger partial charge in [-0.3, -0.25) is 19.2 Å². The Bertz CT molecular complexity index is 1420. The summed E-state index contributed by atoms with van der Waals surface area (Å²) in [6.07, 6.45) is 2.18. The second-order valence-corrected chi connectivity index (χ2v) is 14.0. The van der Waals surface area contributed by atoms with Gasteiger partial charge in [0.25, 0.3) is 10.2 Å². The minimum absolute atomic E-state index is 0.128. The molecule has 0 saturated heterocycles. The number of halogens is 1. The minimum Gasteiger partial charge on any atom is -0.457 e. The first kappa shape index (κ1) is 38.8. The fourth-order valence-electron chi connectivity index (χ4n) is 8.89. The van der Waals surface area contributed by atoms with E-state index in [4.69, 9.17) is 9.47 Å². The van der Waals surface area contributed by atoms with E-state index in [1.807, 2.05) is 0 Å². The van der Waals surface area contributed by atoms with Gasteiger partial charge in [0.1, 0.15) is 6.10 Å². The van der Waals surface area contributed by atoms with Crippen molar-refractivity contribution in [3.8, 4) is 0 Å². The third kappa shape index (κ3) is 7.24. The molecule has 16 nitrogen and oxygen atoms in total. The molecule has 4 aliphatic rings. The monoisotopic (exact) mass is 712 g/mol. The van der Waals surface area contributed by atoms with Gasteiger partial charge >= 0.3 is 11.9 Å². The molecular formula is C33H45FN2O14. The predicted octanol–water partition coefficient (Wildman–Crippen LogP) is 3.26. The SMILES string of the molecule is C[C@]12C=CC(=O)C=C1CCC1C3C[C@@H](O)[C@](OC(=O)CCCCCO[N+](=O)[O-])(C(=O)COC(=O)CCCCCO[N+](=O)[O-])[C@@]3(C)C[C@H](O)[C@@]12F. The zero-order valence-electron chi connectivity index (χ0n) is 28.2. The third-order valence-electron chi connectivity index (χ3n) is 11.3. The van der Waals surface area contributed by atoms with Gasteiger partial charge in [-0.15, -0.1) is 20.2 Å². The van der Waals surface area contributed by atoms with E-state index in [0.29, 0.717) is 31.3 Å². The highest BCUT2D eigenvalue weighted by molar-refractivity contribution is 6.01. The lowest BCUT2D eigenvalue weighted by molar-refractivity contribution is -0.757. The molecule has 2 unspecified atom stereocenters. The van der Waals surface area contributed by atoms with E-state index in [0.717, 1.165) is 0 Å². The number of rotatable bonds is 18. The Balaban J connectivity index is 1.55. The summed E-state index contributed by atoms with van der Waals surface area (Å²) in [7, 11) is 0. The number of Topliss-reactive ketones (excluding diaryl/α,β-unsaturated/α-hetero) is 1. The van der Waals surface area contributed by atoms with E-state index in [2.05, 4.69) is 9.68 Å². The Labute approximate surface area is 287 Å². The smallest absolute Gasteiger partial charge is 0.306 e. The second-order valence-electron chi connectivity index (χ2n) is 14.0. The Morgan fingerprint density at radius 1 is 0.920 bits per heavy atom.